The van der Waals surface area contributed by atoms with Crippen molar-refractivity contribution < 1.29 is 16.8 Å². The molecule has 6 heteroatoms. The maximum Gasteiger partial charge on any atom is 0.399 e. The molecule has 0 aromatic heterocycles. The molecule has 168 valence electrons. The highest BCUT2D eigenvalue weighted by atomic mass is 32.3. The molecule has 0 amide bonds. The van der Waals surface area contributed by atoms with E-state index in [2.05, 4.69) is 22.2 Å². The molecule has 0 N–H and O–H groups in total. The summed E-state index contributed by atoms with van der Waals surface area (Å²) in [5.41, 5.74) is 0. The van der Waals surface area contributed by atoms with Crippen LogP contribution in [0.15, 0.2) is 0 Å². The Bertz CT molecular complexity index is 319. The minimum atomic E-state index is -3.66. The number of hydrogen-bond donors (Lipinski definition) is 0. The molecular formula is C21H49NO4S. The molecule has 0 rings (SSSR count). The molecule has 0 radical (unpaired) electrons. The van der Waals surface area contributed by atoms with Crippen LogP contribution < -0.4 is 0 Å². The summed E-state index contributed by atoms with van der Waals surface area (Å²) in [5.74, 6) is 0. The van der Waals surface area contributed by atoms with Crippen LogP contribution in [0.25, 0.3) is 0 Å². The van der Waals surface area contributed by atoms with Crippen molar-refractivity contribution in [3.8, 4) is 0 Å². The smallest absolute Gasteiger partial charge is 0.312 e. The molecule has 0 fully saturated rings. The van der Waals surface area contributed by atoms with E-state index >= 15 is 0 Å². The first-order valence-electron chi connectivity index (χ1n) is 10.7. The third-order valence-corrected chi connectivity index (χ3v) is 4.68. The van der Waals surface area contributed by atoms with Crippen LogP contribution in [0.4, 0.5) is 0 Å². The van der Waals surface area contributed by atoms with Crippen molar-refractivity contribution in [1.82, 2.24) is 4.90 Å². The maximum atomic E-state index is 9.92. The zero-order valence-corrected chi connectivity index (χ0v) is 20.2. The third-order valence-electron chi connectivity index (χ3n) is 3.87. The van der Waals surface area contributed by atoms with Crippen molar-refractivity contribution in [3.63, 3.8) is 0 Å². The highest BCUT2D eigenvalue weighted by Crippen LogP contribution is 2.12. The predicted molar refractivity (Wildman–Crippen MR) is 119 cm³/mol. The van der Waals surface area contributed by atoms with Gasteiger partial charge >= 0.3 is 10.4 Å². The molecule has 0 aliphatic rings. The maximum absolute atomic E-state index is 9.92. The SMILES string of the molecule is CCCCCCCCCCCCCCCC.CN(C)C.COS(=O)(=O)OC. The molecule has 0 aliphatic carbocycles. The summed E-state index contributed by atoms with van der Waals surface area (Å²) in [5, 5.41) is 0. The molecule has 5 nitrogen and oxygen atoms in total. The van der Waals surface area contributed by atoms with Gasteiger partial charge in [-0.15, -0.1) is 0 Å². The number of unbranched alkanes of at least 4 members (excludes halogenated alkanes) is 13. The van der Waals surface area contributed by atoms with Crippen LogP contribution in [0, 0.1) is 0 Å². The predicted octanol–water partition coefficient (Wildman–Crippen LogP) is 6.19. The van der Waals surface area contributed by atoms with E-state index in [1.807, 2.05) is 26.0 Å². The van der Waals surface area contributed by atoms with Crippen molar-refractivity contribution in [2.45, 2.75) is 104 Å². The Labute approximate surface area is 171 Å². The lowest BCUT2D eigenvalue weighted by molar-refractivity contribution is 0.286. The second-order valence-corrected chi connectivity index (χ2v) is 8.81. The van der Waals surface area contributed by atoms with Gasteiger partial charge in [-0.25, -0.2) is 0 Å². The van der Waals surface area contributed by atoms with Gasteiger partial charge in [0.15, 0.2) is 0 Å². The molecule has 0 unspecified atom stereocenters. The lowest BCUT2D eigenvalue weighted by atomic mass is 10.0. The largest absolute Gasteiger partial charge is 0.399 e. The fraction of sp³-hybridized carbons (Fsp3) is 1.00. The van der Waals surface area contributed by atoms with Crippen LogP contribution in [0.5, 0.6) is 0 Å². The fourth-order valence-electron chi connectivity index (χ4n) is 2.34. The molecular weight excluding hydrogens is 362 g/mol. The highest BCUT2D eigenvalue weighted by Gasteiger charge is 2.01. The van der Waals surface area contributed by atoms with E-state index in [9.17, 15) is 8.42 Å². The summed E-state index contributed by atoms with van der Waals surface area (Å²) >= 11 is 0. The van der Waals surface area contributed by atoms with Gasteiger partial charge in [-0.1, -0.05) is 104 Å². The minimum Gasteiger partial charge on any atom is -0.312 e. The molecule has 0 heterocycles. The van der Waals surface area contributed by atoms with Crippen molar-refractivity contribution in [1.29, 1.82) is 0 Å². The van der Waals surface area contributed by atoms with Gasteiger partial charge in [0.05, 0.1) is 14.2 Å². The average Bonchev–Trinajstić information content (AvgIpc) is 2.63. The summed E-state index contributed by atoms with van der Waals surface area (Å²) in [6, 6.07) is 0. The topological polar surface area (TPSA) is 55.8 Å². The van der Waals surface area contributed by atoms with Gasteiger partial charge in [-0.2, -0.15) is 8.42 Å². The van der Waals surface area contributed by atoms with Crippen LogP contribution in [-0.2, 0) is 18.8 Å². The Morgan fingerprint density at radius 1 is 0.556 bits per heavy atom. The molecule has 0 bridgehead atoms. The van der Waals surface area contributed by atoms with E-state index in [0.29, 0.717) is 0 Å². The second-order valence-electron chi connectivity index (χ2n) is 7.33. The van der Waals surface area contributed by atoms with E-state index in [-0.39, 0.29) is 0 Å². The van der Waals surface area contributed by atoms with E-state index in [1.165, 1.54) is 89.9 Å². The normalized spacial score (nSPS) is 10.8. The Balaban J connectivity index is -0.000000431. The van der Waals surface area contributed by atoms with E-state index in [1.54, 1.807) is 0 Å². The van der Waals surface area contributed by atoms with Gasteiger partial charge in [-0.3, -0.25) is 8.37 Å². The Kier molecular flexibility index (Phi) is 30.2. The first kappa shape index (κ1) is 31.5. The molecule has 0 aliphatic heterocycles. The summed E-state index contributed by atoms with van der Waals surface area (Å²) in [7, 11) is 4.40. The Morgan fingerprint density at radius 3 is 0.852 bits per heavy atom. The number of hydrogen-bond acceptors (Lipinski definition) is 5. The highest BCUT2D eigenvalue weighted by molar-refractivity contribution is 7.81. The Hall–Kier alpha value is -0.170. The first-order chi connectivity index (χ1) is 12.8. The lowest BCUT2D eigenvalue weighted by Crippen LogP contribution is -2.02. The monoisotopic (exact) mass is 411 g/mol. The third kappa shape index (κ3) is 41.4. The van der Waals surface area contributed by atoms with E-state index in [4.69, 9.17) is 0 Å². The van der Waals surface area contributed by atoms with Crippen molar-refractivity contribution >= 4 is 10.4 Å². The first-order valence-corrected chi connectivity index (χ1v) is 12.1. The minimum absolute atomic E-state index is 1.03. The van der Waals surface area contributed by atoms with Crippen LogP contribution in [0.2, 0.25) is 0 Å². The zero-order valence-electron chi connectivity index (χ0n) is 19.4. The summed E-state index contributed by atoms with van der Waals surface area (Å²) in [4.78, 5) is 2.00. The van der Waals surface area contributed by atoms with Crippen LogP contribution in [-0.4, -0.2) is 48.7 Å². The van der Waals surface area contributed by atoms with Crippen molar-refractivity contribution in [2.24, 2.45) is 0 Å². The van der Waals surface area contributed by atoms with Crippen LogP contribution in [0.3, 0.4) is 0 Å². The van der Waals surface area contributed by atoms with Crippen molar-refractivity contribution in [2.75, 3.05) is 35.4 Å². The summed E-state index contributed by atoms with van der Waals surface area (Å²) in [6.07, 6.45) is 20.4. The van der Waals surface area contributed by atoms with Crippen molar-refractivity contribution in [3.05, 3.63) is 0 Å². The standard InChI is InChI=1S/C16H34.C3H9N.C2H6O4S/c1-3-5-7-9-11-13-15-16-14-12-10-8-6-4-2;1-4(2)3;1-5-7(3,4)6-2/h3-16H2,1-2H3;1-3H3;1-2H3. The molecule has 27 heavy (non-hydrogen) atoms. The molecule has 0 atom stereocenters. The van der Waals surface area contributed by atoms with Gasteiger partial charge < -0.3 is 4.90 Å². The van der Waals surface area contributed by atoms with Gasteiger partial charge in [0.2, 0.25) is 0 Å². The fourth-order valence-corrected chi connectivity index (χ4v) is 2.47. The van der Waals surface area contributed by atoms with E-state index < -0.39 is 10.4 Å². The van der Waals surface area contributed by atoms with Gasteiger partial charge in [-0.05, 0) is 21.1 Å². The Morgan fingerprint density at radius 2 is 0.741 bits per heavy atom. The number of rotatable bonds is 15. The zero-order chi connectivity index (χ0) is 21.4. The molecule has 0 spiro atoms. The second kappa shape index (κ2) is 25.8. The molecule has 0 aromatic carbocycles. The summed E-state index contributed by atoms with van der Waals surface area (Å²) in [6.45, 7) is 4.58. The van der Waals surface area contributed by atoms with E-state index in [0.717, 1.165) is 14.2 Å². The van der Waals surface area contributed by atoms with Gasteiger partial charge in [0.1, 0.15) is 0 Å². The van der Waals surface area contributed by atoms with Gasteiger partial charge in [0, 0.05) is 0 Å². The molecule has 0 aromatic rings. The summed E-state index contributed by atoms with van der Waals surface area (Å²) < 4.78 is 27.5. The van der Waals surface area contributed by atoms with Crippen LogP contribution in [0.1, 0.15) is 104 Å². The molecule has 0 saturated heterocycles. The average molecular weight is 412 g/mol. The quantitative estimate of drug-likeness (QED) is 0.301. The number of nitrogens with zero attached hydrogens (tertiary/aromatic N) is 1. The molecule has 0 saturated carbocycles. The van der Waals surface area contributed by atoms with Crippen LogP contribution >= 0.6 is 0 Å². The lowest BCUT2D eigenvalue weighted by Gasteiger charge is -2.02. The van der Waals surface area contributed by atoms with Gasteiger partial charge in [0.25, 0.3) is 0 Å².